The molecule has 2 aliphatic heterocycles. The van der Waals surface area contributed by atoms with Crippen molar-refractivity contribution < 1.29 is 17.9 Å². The van der Waals surface area contributed by atoms with E-state index in [0.29, 0.717) is 17.9 Å². The van der Waals surface area contributed by atoms with Crippen LogP contribution in [0.15, 0.2) is 47.4 Å². The Balaban J connectivity index is 1.48. The number of carbonyl (C=O) groups is 1. The molecular formula is C24H30N2O4S. The number of aryl methyl sites for hydroxylation is 2. The molecule has 0 aliphatic carbocycles. The SMILES string of the molecule is Cc1cc(S(=O)(=O)N2CCCc3ccccc32)ccc1OCC(=O)N1CCCCCC1. The number of amides is 1. The van der Waals surface area contributed by atoms with E-state index in [-0.39, 0.29) is 17.4 Å². The van der Waals surface area contributed by atoms with Gasteiger partial charge in [-0.25, -0.2) is 8.42 Å². The molecule has 2 aliphatic rings. The molecule has 0 N–H and O–H groups in total. The van der Waals surface area contributed by atoms with Crippen molar-refractivity contribution in [3.63, 3.8) is 0 Å². The summed E-state index contributed by atoms with van der Waals surface area (Å²) in [5.74, 6) is 0.532. The minimum Gasteiger partial charge on any atom is -0.483 e. The Morgan fingerprint density at radius 3 is 2.45 bits per heavy atom. The van der Waals surface area contributed by atoms with Gasteiger partial charge < -0.3 is 9.64 Å². The van der Waals surface area contributed by atoms with Crippen molar-refractivity contribution in [2.45, 2.75) is 50.3 Å². The molecule has 1 saturated heterocycles. The zero-order valence-electron chi connectivity index (χ0n) is 18.0. The molecule has 0 atom stereocenters. The molecule has 0 bridgehead atoms. The summed E-state index contributed by atoms with van der Waals surface area (Å²) in [6, 6.07) is 12.5. The third-order valence-electron chi connectivity index (χ3n) is 6.11. The van der Waals surface area contributed by atoms with Crippen LogP contribution in [-0.4, -0.2) is 45.5 Å². The number of likely N-dealkylation sites (tertiary alicyclic amines) is 1. The van der Waals surface area contributed by atoms with Crippen LogP contribution in [0.25, 0.3) is 0 Å². The van der Waals surface area contributed by atoms with Crippen molar-refractivity contribution in [2.75, 3.05) is 30.5 Å². The van der Waals surface area contributed by atoms with Crippen molar-refractivity contribution in [3.05, 3.63) is 53.6 Å². The average molecular weight is 443 g/mol. The molecule has 2 aromatic carbocycles. The van der Waals surface area contributed by atoms with Crippen molar-refractivity contribution in [1.29, 1.82) is 0 Å². The summed E-state index contributed by atoms with van der Waals surface area (Å²) in [5.41, 5.74) is 2.52. The zero-order chi connectivity index (χ0) is 21.8. The fraction of sp³-hybridized carbons (Fsp3) is 0.458. The van der Waals surface area contributed by atoms with E-state index in [9.17, 15) is 13.2 Å². The van der Waals surface area contributed by atoms with Crippen LogP contribution in [0.4, 0.5) is 5.69 Å². The number of ether oxygens (including phenoxy) is 1. The van der Waals surface area contributed by atoms with Gasteiger partial charge in [0.25, 0.3) is 15.9 Å². The maximum absolute atomic E-state index is 13.3. The second-order valence-electron chi connectivity index (χ2n) is 8.32. The first-order valence-corrected chi connectivity index (χ1v) is 12.5. The molecule has 0 spiro atoms. The van der Waals surface area contributed by atoms with E-state index in [0.717, 1.165) is 50.0 Å². The van der Waals surface area contributed by atoms with E-state index in [4.69, 9.17) is 4.74 Å². The van der Waals surface area contributed by atoms with Crippen LogP contribution >= 0.6 is 0 Å². The Labute approximate surface area is 184 Å². The second-order valence-corrected chi connectivity index (χ2v) is 10.2. The summed E-state index contributed by atoms with van der Waals surface area (Å²) in [5, 5.41) is 0. The summed E-state index contributed by atoms with van der Waals surface area (Å²) in [4.78, 5) is 14.6. The molecular weight excluding hydrogens is 412 g/mol. The first-order chi connectivity index (χ1) is 15.0. The van der Waals surface area contributed by atoms with Crippen LogP contribution in [0.2, 0.25) is 0 Å². The van der Waals surface area contributed by atoms with Crippen LogP contribution in [0.3, 0.4) is 0 Å². The van der Waals surface area contributed by atoms with Gasteiger partial charge in [0.05, 0.1) is 10.6 Å². The van der Waals surface area contributed by atoms with Gasteiger partial charge >= 0.3 is 0 Å². The Morgan fingerprint density at radius 1 is 0.968 bits per heavy atom. The predicted octanol–water partition coefficient (Wildman–Crippen LogP) is 3.92. The lowest BCUT2D eigenvalue weighted by Crippen LogP contribution is -2.36. The Bertz CT molecular complexity index is 1040. The van der Waals surface area contributed by atoms with Gasteiger partial charge in [-0.15, -0.1) is 0 Å². The number of para-hydroxylation sites is 1. The van der Waals surface area contributed by atoms with E-state index in [1.165, 1.54) is 17.1 Å². The van der Waals surface area contributed by atoms with Gasteiger partial charge in [0, 0.05) is 19.6 Å². The van der Waals surface area contributed by atoms with Crippen LogP contribution in [0.1, 0.15) is 43.2 Å². The van der Waals surface area contributed by atoms with Crippen LogP contribution in [-0.2, 0) is 21.2 Å². The standard InChI is InChI=1S/C24H30N2O4S/c1-19-17-21(31(28,29)26-16-8-10-20-9-4-5-11-22(20)26)12-13-23(19)30-18-24(27)25-14-6-2-3-7-15-25/h4-5,9,11-13,17H,2-3,6-8,10,14-16,18H2,1H3. The molecule has 0 radical (unpaired) electrons. The maximum atomic E-state index is 13.3. The zero-order valence-corrected chi connectivity index (χ0v) is 18.9. The van der Waals surface area contributed by atoms with Gasteiger partial charge in [-0.1, -0.05) is 31.0 Å². The Kier molecular flexibility index (Phi) is 6.51. The highest BCUT2D eigenvalue weighted by atomic mass is 32.2. The van der Waals surface area contributed by atoms with Crippen molar-refractivity contribution in [1.82, 2.24) is 4.90 Å². The smallest absolute Gasteiger partial charge is 0.264 e. The van der Waals surface area contributed by atoms with Gasteiger partial charge in [0.15, 0.2) is 6.61 Å². The van der Waals surface area contributed by atoms with E-state index >= 15 is 0 Å². The maximum Gasteiger partial charge on any atom is 0.264 e. The van der Waals surface area contributed by atoms with Crippen LogP contribution < -0.4 is 9.04 Å². The van der Waals surface area contributed by atoms with E-state index in [1.807, 2.05) is 36.1 Å². The van der Waals surface area contributed by atoms with E-state index in [1.54, 1.807) is 18.2 Å². The summed E-state index contributed by atoms with van der Waals surface area (Å²) in [7, 11) is -3.66. The first kappa shape index (κ1) is 21.7. The lowest BCUT2D eigenvalue weighted by atomic mass is 10.0. The van der Waals surface area contributed by atoms with E-state index < -0.39 is 10.0 Å². The number of anilines is 1. The quantitative estimate of drug-likeness (QED) is 0.704. The lowest BCUT2D eigenvalue weighted by molar-refractivity contribution is -0.133. The fourth-order valence-electron chi connectivity index (χ4n) is 4.37. The topological polar surface area (TPSA) is 66.9 Å². The molecule has 7 heteroatoms. The molecule has 6 nitrogen and oxygen atoms in total. The predicted molar refractivity (Wildman–Crippen MR) is 121 cm³/mol. The number of rotatable bonds is 5. The van der Waals surface area contributed by atoms with Crippen LogP contribution in [0.5, 0.6) is 5.75 Å². The number of fused-ring (bicyclic) bond motifs is 1. The van der Waals surface area contributed by atoms with Crippen LogP contribution in [0, 0.1) is 6.92 Å². The van der Waals surface area contributed by atoms with Gasteiger partial charge in [-0.05, 0) is 68.0 Å². The number of benzene rings is 2. The largest absolute Gasteiger partial charge is 0.483 e. The summed E-state index contributed by atoms with van der Waals surface area (Å²) in [6.07, 6.45) is 6.10. The summed E-state index contributed by atoms with van der Waals surface area (Å²) < 4.78 is 34.0. The average Bonchev–Trinajstić information content (AvgIpc) is 3.07. The Morgan fingerprint density at radius 2 is 1.71 bits per heavy atom. The molecule has 31 heavy (non-hydrogen) atoms. The first-order valence-electron chi connectivity index (χ1n) is 11.1. The molecule has 1 amide bonds. The summed E-state index contributed by atoms with van der Waals surface area (Å²) >= 11 is 0. The molecule has 1 fully saturated rings. The van der Waals surface area contributed by atoms with Crippen molar-refractivity contribution in [3.8, 4) is 5.75 Å². The minimum absolute atomic E-state index is 0.0112. The molecule has 0 aromatic heterocycles. The molecule has 0 saturated carbocycles. The Hall–Kier alpha value is -2.54. The monoisotopic (exact) mass is 442 g/mol. The highest BCUT2D eigenvalue weighted by Gasteiger charge is 2.29. The number of carbonyl (C=O) groups excluding carboxylic acids is 1. The third-order valence-corrected chi connectivity index (χ3v) is 7.92. The van der Waals surface area contributed by atoms with E-state index in [2.05, 4.69) is 0 Å². The number of sulfonamides is 1. The molecule has 4 rings (SSSR count). The van der Waals surface area contributed by atoms with Crippen molar-refractivity contribution in [2.24, 2.45) is 0 Å². The molecule has 2 heterocycles. The summed E-state index contributed by atoms with van der Waals surface area (Å²) in [6.45, 7) is 3.84. The lowest BCUT2D eigenvalue weighted by Gasteiger charge is -2.30. The highest BCUT2D eigenvalue weighted by Crippen LogP contribution is 2.33. The highest BCUT2D eigenvalue weighted by molar-refractivity contribution is 7.92. The number of hydrogen-bond acceptors (Lipinski definition) is 4. The molecule has 2 aromatic rings. The normalized spacial score (nSPS) is 17.1. The van der Waals surface area contributed by atoms with Gasteiger partial charge in [-0.3, -0.25) is 9.10 Å². The second kappa shape index (κ2) is 9.30. The number of hydrogen-bond donors (Lipinski definition) is 0. The van der Waals surface area contributed by atoms with Crippen molar-refractivity contribution >= 4 is 21.6 Å². The van der Waals surface area contributed by atoms with Gasteiger partial charge in [-0.2, -0.15) is 0 Å². The minimum atomic E-state index is -3.66. The fourth-order valence-corrected chi connectivity index (χ4v) is 6.00. The molecule has 166 valence electrons. The van der Waals surface area contributed by atoms with Gasteiger partial charge in [0.2, 0.25) is 0 Å². The number of nitrogens with zero attached hydrogens (tertiary/aromatic N) is 2. The molecule has 0 unspecified atom stereocenters. The third kappa shape index (κ3) is 4.71. The van der Waals surface area contributed by atoms with Gasteiger partial charge in [0.1, 0.15) is 5.75 Å².